The van der Waals surface area contributed by atoms with Crippen LogP contribution in [-0.2, 0) is 9.59 Å². The van der Waals surface area contributed by atoms with Gasteiger partial charge in [0.2, 0.25) is 5.91 Å². The number of rotatable bonds is 3. The summed E-state index contributed by atoms with van der Waals surface area (Å²) in [5.74, 6) is -0.957. The number of likely N-dealkylation sites (tertiary alicyclic amines) is 1. The fourth-order valence-corrected chi connectivity index (χ4v) is 2.40. The third-order valence-corrected chi connectivity index (χ3v) is 3.53. The van der Waals surface area contributed by atoms with E-state index in [1.165, 1.54) is 17.0 Å². The molecule has 0 bridgehead atoms. The largest absolute Gasteiger partial charge is 0.372 e. The number of hydrogen-bond donors (Lipinski definition) is 1. The molecule has 1 unspecified atom stereocenters. The molecule has 1 N–H and O–H groups in total. The Kier molecular flexibility index (Phi) is 2.90. The first kappa shape index (κ1) is 12.6. The number of hydrogen-bond acceptors (Lipinski definition) is 4. The van der Waals surface area contributed by atoms with Gasteiger partial charge in [-0.05, 0) is 31.0 Å². The van der Waals surface area contributed by atoms with Gasteiger partial charge in [-0.2, -0.15) is 5.26 Å². The van der Waals surface area contributed by atoms with Crippen LogP contribution in [0.15, 0.2) is 18.2 Å². The molecule has 2 fully saturated rings. The van der Waals surface area contributed by atoms with E-state index < -0.39 is 11.9 Å². The van der Waals surface area contributed by atoms with Gasteiger partial charge in [-0.15, -0.1) is 0 Å². The number of halogens is 1. The molecule has 0 radical (unpaired) electrons. The van der Waals surface area contributed by atoms with E-state index in [0.29, 0.717) is 5.69 Å². The monoisotopic (exact) mass is 273 g/mol. The molecule has 3 rings (SSSR count). The maximum atomic E-state index is 13.1. The maximum absolute atomic E-state index is 13.1. The SMILES string of the molecule is N#Cc1cc(F)ccc1NC1CC(=O)N(C2CC2)C1=O. The predicted molar refractivity (Wildman–Crippen MR) is 68.0 cm³/mol. The van der Waals surface area contributed by atoms with Crippen molar-refractivity contribution in [1.29, 1.82) is 5.26 Å². The summed E-state index contributed by atoms with van der Waals surface area (Å²) >= 11 is 0. The van der Waals surface area contributed by atoms with Crippen LogP contribution in [-0.4, -0.2) is 28.8 Å². The third kappa shape index (κ3) is 2.11. The predicted octanol–water partition coefficient (Wildman–Crippen LogP) is 1.40. The number of nitrogens with one attached hydrogen (secondary N) is 1. The Balaban J connectivity index is 1.80. The number of benzene rings is 1. The van der Waals surface area contributed by atoms with Gasteiger partial charge in [-0.1, -0.05) is 0 Å². The van der Waals surface area contributed by atoms with Crippen LogP contribution in [0.2, 0.25) is 0 Å². The fraction of sp³-hybridized carbons (Fsp3) is 0.357. The summed E-state index contributed by atoms with van der Waals surface area (Å²) in [6, 6.07) is 4.97. The molecule has 2 amide bonds. The van der Waals surface area contributed by atoms with E-state index in [1.807, 2.05) is 6.07 Å². The summed E-state index contributed by atoms with van der Waals surface area (Å²) in [6.07, 6.45) is 1.81. The number of amides is 2. The van der Waals surface area contributed by atoms with Crippen LogP contribution < -0.4 is 5.32 Å². The Labute approximate surface area is 115 Å². The van der Waals surface area contributed by atoms with Crippen molar-refractivity contribution in [3.63, 3.8) is 0 Å². The lowest BCUT2D eigenvalue weighted by molar-refractivity contribution is -0.139. The molecule has 1 aliphatic heterocycles. The molecule has 1 atom stereocenters. The van der Waals surface area contributed by atoms with Crippen LogP contribution in [0.1, 0.15) is 24.8 Å². The molecule has 1 heterocycles. The van der Waals surface area contributed by atoms with Crippen LogP contribution in [0, 0.1) is 17.1 Å². The average Bonchev–Trinajstić information content (AvgIpc) is 3.20. The minimum atomic E-state index is -0.666. The first-order chi connectivity index (χ1) is 9.60. The van der Waals surface area contributed by atoms with Crippen molar-refractivity contribution < 1.29 is 14.0 Å². The van der Waals surface area contributed by atoms with E-state index in [-0.39, 0.29) is 29.8 Å². The second-order valence-electron chi connectivity index (χ2n) is 5.04. The van der Waals surface area contributed by atoms with Gasteiger partial charge in [-0.3, -0.25) is 14.5 Å². The summed E-state index contributed by atoms with van der Waals surface area (Å²) in [5.41, 5.74) is 0.493. The fourth-order valence-electron chi connectivity index (χ4n) is 2.40. The van der Waals surface area contributed by atoms with Crippen molar-refractivity contribution in [2.75, 3.05) is 5.32 Å². The molecule has 1 saturated carbocycles. The number of imide groups is 1. The van der Waals surface area contributed by atoms with Crippen LogP contribution >= 0.6 is 0 Å². The summed E-state index contributed by atoms with van der Waals surface area (Å²) < 4.78 is 13.1. The Hall–Kier alpha value is -2.42. The van der Waals surface area contributed by atoms with Crippen LogP contribution in [0.4, 0.5) is 10.1 Å². The quantitative estimate of drug-likeness (QED) is 0.845. The van der Waals surface area contributed by atoms with Crippen molar-refractivity contribution in [3.05, 3.63) is 29.6 Å². The second-order valence-corrected chi connectivity index (χ2v) is 5.04. The zero-order valence-electron chi connectivity index (χ0n) is 10.6. The summed E-state index contributed by atoms with van der Waals surface area (Å²) in [4.78, 5) is 25.3. The minimum absolute atomic E-state index is 0.0467. The highest BCUT2D eigenvalue weighted by atomic mass is 19.1. The smallest absolute Gasteiger partial charge is 0.252 e. The van der Waals surface area contributed by atoms with Gasteiger partial charge in [0.25, 0.3) is 5.91 Å². The highest BCUT2D eigenvalue weighted by Crippen LogP contribution is 2.32. The molecule has 6 heteroatoms. The first-order valence-electron chi connectivity index (χ1n) is 6.42. The third-order valence-electron chi connectivity index (χ3n) is 3.53. The van der Waals surface area contributed by atoms with E-state index in [1.54, 1.807) is 0 Å². The Morgan fingerprint density at radius 3 is 2.75 bits per heavy atom. The average molecular weight is 273 g/mol. The van der Waals surface area contributed by atoms with Gasteiger partial charge in [0.15, 0.2) is 0 Å². The van der Waals surface area contributed by atoms with Crippen molar-refractivity contribution in [3.8, 4) is 6.07 Å². The van der Waals surface area contributed by atoms with Crippen molar-refractivity contribution in [1.82, 2.24) is 4.90 Å². The molecule has 20 heavy (non-hydrogen) atoms. The van der Waals surface area contributed by atoms with Crippen molar-refractivity contribution in [2.24, 2.45) is 0 Å². The topological polar surface area (TPSA) is 73.2 Å². The molecule has 1 aliphatic carbocycles. The number of nitrogens with zero attached hydrogens (tertiary/aromatic N) is 2. The van der Waals surface area contributed by atoms with Gasteiger partial charge in [0, 0.05) is 6.04 Å². The van der Waals surface area contributed by atoms with Gasteiger partial charge in [-0.25, -0.2) is 4.39 Å². The molecule has 1 saturated heterocycles. The molecule has 0 aromatic heterocycles. The Morgan fingerprint density at radius 2 is 2.10 bits per heavy atom. The molecule has 1 aromatic carbocycles. The zero-order valence-corrected chi connectivity index (χ0v) is 10.6. The van der Waals surface area contributed by atoms with Crippen LogP contribution in [0.3, 0.4) is 0 Å². The molecular weight excluding hydrogens is 261 g/mol. The van der Waals surface area contributed by atoms with E-state index >= 15 is 0 Å². The molecular formula is C14H12FN3O2. The summed E-state index contributed by atoms with van der Waals surface area (Å²) in [6.45, 7) is 0. The molecule has 0 spiro atoms. The van der Waals surface area contributed by atoms with Gasteiger partial charge < -0.3 is 5.32 Å². The van der Waals surface area contributed by atoms with Crippen LogP contribution in [0.5, 0.6) is 0 Å². The second kappa shape index (κ2) is 4.60. The van der Waals surface area contributed by atoms with E-state index in [4.69, 9.17) is 5.26 Å². The Morgan fingerprint density at radius 1 is 1.35 bits per heavy atom. The standard InChI is InChI=1S/C14H12FN3O2/c15-9-1-4-11(8(5-9)7-16)17-12-6-13(19)18(14(12)20)10-2-3-10/h1,4-5,10,12,17H,2-3,6H2. The molecule has 5 nitrogen and oxygen atoms in total. The van der Waals surface area contributed by atoms with Crippen molar-refractivity contribution >= 4 is 17.5 Å². The van der Waals surface area contributed by atoms with E-state index in [2.05, 4.69) is 5.32 Å². The van der Waals surface area contributed by atoms with Gasteiger partial charge in [0.05, 0.1) is 17.7 Å². The van der Waals surface area contributed by atoms with Gasteiger partial charge in [0.1, 0.15) is 17.9 Å². The number of carbonyl (C=O) groups excluding carboxylic acids is 2. The molecule has 2 aliphatic rings. The Bertz CT molecular complexity index is 634. The highest BCUT2D eigenvalue weighted by molar-refractivity contribution is 6.07. The lowest BCUT2D eigenvalue weighted by atomic mass is 10.1. The number of carbonyl (C=O) groups is 2. The normalized spacial score (nSPS) is 22.0. The number of anilines is 1. The maximum Gasteiger partial charge on any atom is 0.252 e. The van der Waals surface area contributed by atoms with Gasteiger partial charge >= 0.3 is 0 Å². The zero-order chi connectivity index (χ0) is 14.3. The minimum Gasteiger partial charge on any atom is -0.372 e. The molecule has 102 valence electrons. The summed E-state index contributed by atoms with van der Waals surface area (Å²) in [7, 11) is 0. The van der Waals surface area contributed by atoms with E-state index in [0.717, 1.165) is 18.9 Å². The van der Waals surface area contributed by atoms with E-state index in [9.17, 15) is 14.0 Å². The number of nitriles is 1. The first-order valence-corrected chi connectivity index (χ1v) is 6.42. The molecule has 1 aromatic rings. The highest BCUT2D eigenvalue weighted by Gasteiger charge is 2.46. The van der Waals surface area contributed by atoms with Crippen molar-refractivity contribution in [2.45, 2.75) is 31.3 Å². The summed E-state index contributed by atoms with van der Waals surface area (Å²) in [5, 5.41) is 11.8. The lowest BCUT2D eigenvalue weighted by Crippen LogP contribution is -2.36. The van der Waals surface area contributed by atoms with Crippen LogP contribution in [0.25, 0.3) is 0 Å². The lowest BCUT2D eigenvalue weighted by Gasteiger charge is -2.15.